The van der Waals surface area contributed by atoms with E-state index in [1.807, 2.05) is 37.3 Å². The minimum atomic E-state index is -0.207. The highest BCUT2D eigenvalue weighted by molar-refractivity contribution is 6.31. The first kappa shape index (κ1) is 16.7. The van der Waals surface area contributed by atoms with Gasteiger partial charge in [0, 0.05) is 21.8 Å². The SMILES string of the molecule is COc1ccc2c(c1)CCc1c-2n[nH]c1C(=O)Nc1cccc(Cl)c1C. The highest BCUT2D eigenvalue weighted by Crippen LogP contribution is 2.35. The van der Waals surface area contributed by atoms with Crippen LogP contribution in [0.25, 0.3) is 11.3 Å². The van der Waals surface area contributed by atoms with Crippen molar-refractivity contribution in [2.45, 2.75) is 19.8 Å². The van der Waals surface area contributed by atoms with Crippen LogP contribution in [0.2, 0.25) is 5.02 Å². The molecule has 0 bridgehead atoms. The summed E-state index contributed by atoms with van der Waals surface area (Å²) in [6.45, 7) is 1.88. The van der Waals surface area contributed by atoms with Crippen LogP contribution in [-0.2, 0) is 12.8 Å². The average molecular weight is 368 g/mol. The number of fused-ring (bicyclic) bond motifs is 3. The zero-order chi connectivity index (χ0) is 18.3. The standard InChI is InChI=1S/C20H18ClN3O2/c1-11-16(21)4-3-5-17(11)22-20(25)19-15-8-6-12-10-13(26-2)7-9-14(12)18(15)23-24-19/h3-5,7,9-10H,6,8H2,1-2H3,(H,22,25)(H,23,24). The lowest BCUT2D eigenvalue weighted by Crippen LogP contribution is -2.16. The number of aromatic amines is 1. The van der Waals surface area contributed by atoms with Gasteiger partial charge in [-0.1, -0.05) is 17.7 Å². The molecule has 132 valence electrons. The summed E-state index contributed by atoms with van der Waals surface area (Å²) < 4.78 is 5.30. The number of H-pyrrole nitrogens is 1. The highest BCUT2D eigenvalue weighted by Gasteiger charge is 2.25. The van der Waals surface area contributed by atoms with Crippen LogP contribution in [0.5, 0.6) is 5.75 Å². The molecule has 0 spiro atoms. The lowest BCUT2D eigenvalue weighted by molar-refractivity contribution is 0.102. The van der Waals surface area contributed by atoms with Gasteiger partial charge >= 0.3 is 0 Å². The molecular formula is C20H18ClN3O2. The minimum Gasteiger partial charge on any atom is -0.497 e. The van der Waals surface area contributed by atoms with E-state index in [-0.39, 0.29) is 5.91 Å². The Bertz CT molecular complexity index is 1010. The Morgan fingerprint density at radius 3 is 2.92 bits per heavy atom. The third-order valence-corrected chi connectivity index (χ3v) is 5.23. The Hall–Kier alpha value is -2.79. The van der Waals surface area contributed by atoms with Crippen molar-refractivity contribution in [3.05, 3.63) is 63.8 Å². The summed E-state index contributed by atoms with van der Waals surface area (Å²) in [5.41, 5.74) is 6.05. The maximum atomic E-state index is 12.8. The van der Waals surface area contributed by atoms with Gasteiger partial charge in [-0.05, 0) is 61.2 Å². The van der Waals surface area contributed by atoms with Crippen molar-refractivity contribution in [3.63, 3.8) is 0 Å². The number of hydrogen-bond donors (Lipinski definition) is 2. The molecule has 1 aliphatic rings. The van der Waals surface area contributed by atoms with E-state index in [0.717, 1.165) is 41.0 Å². The molecule has 0 saturated heterocycles. The van der Waals surface area contributed by atoms with E-state index in [0.29, 0.717) is 16.4 Å². The summed E-state index contributed by atoms with van der Waals surface area (Å²) in [5, 5.41) is 10.9. The van der Waals surface area contributed by atoms with Crippen LogP contribution in [0, 0.1) is 6.92 Å². The molecule has 0 saturated carbocycles. The fourth-order valence-electron chi connectivity index (χ4n) is 3.34. The second-order valence-corrected chi connectivity index (χ2v) is 6.72. The number of halogens is 1. The Morgan fingerprint density at radius 1 is 1.27 bits per heavy atom. The number of amides is 1. The Morgan fingerprint density at radius 2 is 2.12 bits per heavy atom. The molecule has 4 rings (SSSR count). The molecule has 2 aromatic carbocycles. The number of ether oxygens (including phenoxy) is 1. The Balaban J connectivity index is 1.67. The van der Waals surface area contributed by atoms with Gasteiger partial charge in [-0.15, -0.1) is 0 Å². The van der Waals surface area contributed by atoms with Crippen LogP contribution in [0.4, 0.5) is 5.69 Å². The first-order valence-electron chi connectivity index (χ1n) is 8.39. The third-order valence-electron chi connectivity index (χ3n) is 4.82. The van der Waals surface area contributed by atoms with E-state index in [9.17, 15) is 4.79 Å². The number of nitrogens with one attached hydrogen (secondary N) is 2. The molecule has 1 heterocycles. The minimum absolute atomic E-state index is 0.207. The topological polar surface area (TPSA) is 67.0 Å². The van der Waals surface area contributed by atoms with Crippen molar-refractivity contribution >= 4 is 23.2 Å². The van der Waals surface area contributed by atoms with Crippen molar-refractivity contribution in [1.82, 2.24) is 10.2 Å². The molecule has 1 aliphatic carbocycles. The van der Waals surface area contributed by atoms with Gasteiger partial charge in [-0.2, -0.15) is 5.10 Å². The van der Waals surface area contributed by atoms with E-state index < -0.39 is 0 Å². The fourth-order valence-corrected chi connectivity index (χ4v) is 3.52. The number of aromatic nitrogens is 2. The van der Waals surface area contributed by atoms with Gasteiger partial charge in [0.1, 0.15) is 11.4 Å². The quantitative estimate of drug-likeness (QED) is 0.721. The molecule has 6 heteroatoms. The first-order valence-corrected chi connectivity index (χ1v) is 8.77. The molecule has 0 unspecified atom stereocenters. The zero-order valence-corrected chi connectivity index (χ0v) is 15.3. The van der Waals surface area contributed by atoms with E-state index >= 15 is 0 Å². The predicted molar refractivity (Wildman–Crippen MR) is 102 cm³/mol. The largest absolute Gasteiger partial charge is 0.497 e. The van der Waals surface area contributed by atoms with Crippen LogP contribution in [0.1, 0.15) is 27.2 Å². The number of rotatable bonds is 3. The number of anilines is 1. The summed E-state index contributed by atoms with van der Waals surface area (Å²) >= 11 is 6.14. The molecule has 0 radical (unpaired) electrons. The van der Waals surface area contributed by atoms with Crippen molar-refractivity contribution in [3.8, 4) is 17.0 Å². The van der Waals surface area contributed by atoms with Gasteiger partial charge in [-0.3, -0.25) is 9.89 Å². The second-order valence-electron chi connectivity index (χ2n) is 6.32. The predicted octanol–water partition coefficient (Wildman–Crippen LogP) is 4.40. The number of carbonyl (C=O) groups excluding carboxylic acids is 1. The number of aryl methyl sites for hydroxylation is 1. The third kappa shape index (κ3) is 2.74. The van der Waals surface area contributed by atoms with Crippen molar-refractivity contribution < 1.29 is 9.53 Å². The van der Waals surface area contributed by atoms with Crippen molar-refractivity contribution in [2.24, 2.45) is 0 Å². The zero-order valence-electron chi connectivity index (χ0n) is 14.5. The Kier molecular flexibility index (Phi) is 4.17. The van der Waals surface area contributed by atoms with Gasteiger partial charge < -0.3 is 10.1 Å². The maximum Gasteiger partial charge on any atom is 0.273 e. The summed E-state index contributed by atoms with van der Waals surface area (Å²) in [6, 6.07) is 11.4. The summed E-state index contributed by atoms with van der Waals surface area (Å²) in [7, 11) is 1.66. The van der Waals surface area contributed by atoms with Crippen LogP contribution < -0.4 is 10.1 Å². The second kappa shape index (κ2) is 6.50. The fraction of sp³-hybridized carbons (Fsp3) is 0.200. The normalized spacial score (nSPS) is 12.3. The average Bonchev–Trinajstić information content (AvgIpc) is 3.09. The molecule has 0 aliphatic heterocycles. The number of methoxy groups -OCH3 is 1. The van der Waals surface area contributed by atoms with Gasteiger partial charge in [0.25, 0.3) is 5.91 Å². The van der Waals surface area contributed by atoms with E-state index in [1.165, 1.54) is 5.56 Å². The molecule has 1 amide bonds. The maximum absolute atomic E-state index is 12.8. The van der Waals surface area contributed by atoms with Crippen molar-refractivity contribution in [2.75, 3.05) is 12.4 Å². The van der Waals surface area contributed by atoms with Crippen molar-refractivity contribution in [1.29, 1.82) is 0 Å². The van der Waals surface area contributed by atoms with Crippen LogP contribution >= 0.6 is 11.6 Å². The molecule has 2 N–H and O–H groups in total. The van der Waals surface area contributed by atoms with Crippen LogP contribution in [0.15, 0.2) is 36.4 Å². The van der Waals surface area contributed by atoms with Gasteiger partial charge in [0.2, 0.25) is 0 Å². The first-order chi connectivity index (χ1) is 12.6. The van der Waals surface area contributed by atoms with E-state index in [2.05, 4.69) is 15.5 Å². The highest BCUT2D eigenvalue weighted by atomic mass is 35.5. The molecule has 0 fully saturated rings. The van der Waals surface area contributed by atoms with Gasteiger partial charge in [0.05, 0.1) is 12.8 Å². The molecule has 3 aromatic rings. The summed E-state index contributed by atoms with van der Waals surface area (Å²) in [5.74, 6) is 0.623. The van der Waals surface area contributed by atoms with Crippen LogP contribution in [-0.4, -0.2) is 23.2 Å². The molecule has 0 atom stereocenters. The smallest absolute Gasteiger partial charge is 0.273 e. The number of carbonyl (C=O) groups is 1. The van der Waals surface area contributed by atoms with Gasteiger partial charge in [0.15, 0.2) is 0 Å². The van der Waals surface area contributed by atoms with Gasteiger partial charge in [-0.25, -0.2) is 0 Å². The Labute approximate surface area is 156 Å². The molecule has 5 nitrogen and oxygen atoms in total. The van der Waals surface area contributed by atoms with Crippen LogP contribution in [0.3, 0.4) is 0 Å². The summed E-state index contributed by atoms with van der Waals surface area (Å²) in [6.07, 6.45) is 1.60. The summed E-state index contributed by atoms with van der Waals surface area (Å²) in [4.78, 5) is 12.8. The molecule has 1 aromatic heterocycles. The lowest BCUT2D eigenvalue weighted by atomic mass is 9.89. The monoisotopic (exact) mass is 367 g/mol. The number of benzene rings is 2. The molecule has 26 heavy (non-hydrogen) atoms. The number of nitrogens with zero attached hydrogens (tertiary/aromatic N) is 1. The lowest BCUT2D eigenvalue weighted by Gasteiger charge is -2.17. The van der Waals surface area contributed by atoms with E-state index in [1.54, 1.807) is 13.2 Å². The van der Waals surface area contributed by atoms with E-state index in [4.69, 9.17) is 16.3 Å². The number of hydrogen-bond acceptors (Lipinski definition) is 3. The molecular weight excluding hydrogens is 350 g/mol.